The molecule has 0 unspecified atom stereocenters. The van der Waals surface area contributed by atoms with Gasteiger partial charge in [0.1, 0.15) is 5.75 Å². The van der Waals surface area contributed by atoms with Gasteiger partial charge in [-0.3, -0.25) is 9.59 Å². The summed E-state index contributed by atoms with van der Waals surface area (Å²) in [4.78, 5) is 23.2. The molecule has 0 aliphatic rings. The van der Waals surface area contributed by atoms with Crippen LogP contribution in [0.4, 0.5) is 0 Å². The smallest absolute Gasteiger partial charge is 0.311 e. The summed E-state index contributed by atoms with van der Waals surface area (Å²) >= 11 is 0. The van der Waals surface area contributed by atoms with Gasteiger partial charge in [0.05, 0.1) is 18.2 Å². The Kier molecular flexibility index (Phi) is 9.21. The minimum Gasteiger partial charge on any atom is -0.466 e. The lowest BCUT2D eigenvalue weighted by Crippen LogP contribution is -2.09. The molecule has 1 rings (SSSR count). The van der Waals surface area contributed by atoms with Crippen molar-refractivity contribution in [1.82, 2.24) is 0 Å². The number of hydrogen-bond acceptors (Lipinski definition) is 5. The number of nitriles is 1. The van der Waals surface area contributed by atoms with Gasteiger partial charge in [0, 0.05) is 12.8 Å². The van der Waals surface area contributed by atoms with Gasteiger partial charge < -0.3 is 9.47 Å². The Bertz CT molecular complexity index is 558. The summed E-state index contributed by atoms with van der Waals surface area (Å²) in [6.07, 6.45) is 3.70. The van der Waals surface area contributed by atoms with E-state index in [1.54, 1.807) is 24.3 Å². The summed E-state index contributed by atoms with van der Waals surface area (Å²) < 4.78 is 10.3. The molecule has 0 aliphatic carbocycles. The molecule has 0 N–H and O–H groups in total. The molecule has 0 amide bonds. The lowest BCUT2D eigenvalue weighted by atomic mass is 10.1. The minimum absolute atomic E-state index is 0.209. The van der Waals surface area contributed by atoms with E-state index in [9.17, 15) is 9.59 Å². The van der Waals surface area contributed by atoms with Gasteiger partial charge in [0.15, 0.2) is 0 Å². The lowest BCUT2D eigenvalue weighted by molar-refractivity contribution is -0.144. The minimum atomic E-state index is -0.343. The van der Waals surface area contributed by atoms with Gasteiger partial charge in [-0.15, -0.1) is 0 Å². The first kappa shape index (κ1) is 19.7. The van der Waals surface area contributed by atoms with Crippen LogP contribution in [0.5, 0.6) is 5.75 Å². The van der Waals surface area contributed by atoms with E-state index in [0.29, 0.717) is 43.1 Å². The molecule has 0 spiro atoms. The number of hydrogen-bond donors (Lipinski definition) is 0. The summed E-state index contributed by atoms with van der Waals surface area (Å²) in [6.45, 7) is 4.75. The molecule has 0 aromatic heterocycles. The summed E-state index contributed by atoms with van der Waals surface area (Å²) in [7, 11) is 0. The number of unbranched alkanes of at least 4 members (excludes halogenated alkanes) is 1. The largest absolute Gasteiger partial charge is 0.466 e. The number of carbonyl (C=O) groups excluding carboxylic acids is 2. The molecule has 1 aromatic carbocycles. The number of nitrogens with zero attached hydrogens (tertiary/aromatic N) is 1. The molecular weight excluding hydrogens is 306 g/mol. The molecule has 0 aliphatic heterocycles. The van der Waals surface area contributed by atoms with E-state index < -0.39 is 0 Å². The van der Waals surface area contributed by atoms with Crippen molar-refractivity contribution in [3.05, 3.63) is 29.8 Å². The molecule has 5 heteroatoms. The second-order valence-corrected chi connectivity index (χ2v) is 6.07. The van der Waals surface area contributed by atoms with E-state index >= 15 is 0 Å². The van der Waals surface area contributed by atoms with Crippen LogP contribution in [-0.4, -0.2) is 18.5 Å². The maximum Gasteiger partial charge on any atom is 0.311 e. The first-order chi connectivity index (χ1) is 11.5. The maximum atomic E-state index is 11.7. The van der Waals surface area contributed by atoms with Crippen molar-refractivity contribution < 1.29 is 19.1 Å². The van der Waals surface area contributed by atoms with Crippen LogP contribution in [-0.2, 0) is 14.3 Å². The fourth-order valence-electron chi connectivity index (χ4n) is 2.07. The number of benzene rings is 1. The molecule has 1 aromatic rings. The molecular formula is C19H25NO4. The number of carbonyl (C=O) groups is 2. The van der Waals surface area contributed by atoms with E-state index in [2.05, 4.69) is 13.8 Å². The predicted octanol–water partition coefficient (Wildman–Crippen LogP) is 4.00. The standard InChI is InChI=1S/C19H25NO4/c1-15(2)6-5-13-23-18(21)7-3-4-8-19(22)24-17-11-9-16(14-20)10-12-17/h9-12,15H,3-8,13H2,1-2H3. The van der Waals surface area contributed by atoms with Crippen molar-refractivity contribution >= 4 is 11.9 Å². The molecule has 0 saturated heterocycles. The van der Waals surface area contributed by atoms with Crippen molar-refractivity contribution in [2.75, 3.05) is 6.61 Å². The van der Waals surface area contributed by atoms with Crippen molar-refractivity contribution in [2.24, 2.45) is 5.92 Å². The predicted molar refractivity (Wildman–Crippen MR) is 90.3 cm³/mol. The van der Waals surface area contributed by atoms with Crippen LogP contribution >= 0.6 is 0 Å². The zero-order valence-electron chi connectivity index (χ0n) is 14.4. The monoisotopic (exact) mass is 331 g/mol. The Hall–Kier alpha value is -2.35. The highest BCUT2D eigenvalue weighted by atomic mass is 16.5. The summed E-state index contributed by atoms with van der Waals surface area (Å²) in [5.41, 5.74) is 0.515. The van der Waals surface area contributed by atoms with Crippen LogP contribution in [0.25, 0.3) is 0 Å². The Morgan fingerprint density at radius 3 is 2.25 bits per heavy atom. The van der Waals surface area contributed by atoms with E-state index in [-0.39, 0.29) is 18.4 Å². The number of ether oxygens (including phenoxy) is 2. The Labute approximate surface area is 143 Å². The van der Waals surface area contributed by atoms with Crippen LogP contribution in [0.15, 0.2) is 24.3 Å². The Morgan fingerprint density at radius 2 is 1.67 bits per heavy atom. The SMILES string of the molecule is CC(C)CCCOC(=O)CCCCC(=O)Oc1ccc(C#N)cc1. The van der Waals surface area contributed by atoms with Crippen LogP contribution in [0.1, 0.15) is 57.9 Å². The zero-order valence-corrected chi connectivity index (χ0v) is 14.4. The first-order valence-corrected chi connectivity index (χ1v) is 8.37. The van der Waals surface area contributed by atoms with E-state index in [1.165, 1.54) is 0 Å². The van der Waals surface area contributed by atoms with Crippen molar-refractivity contribution in [3.8, 4) is 11.8 Å². The Balaban J connectivity index is 2.10. The zero-order chi connectivity index (χ0) is 17.8. The van der Waals surface area contributed by atoms with Crippen molar-refractivity contribution in [2.45, 2.75) is 52.4 Å². The lowest BCUT2D eigenvalue weighted by Gasteiger charge is -2.06. The first-order valence-electron chi connectivity index (χ1n) is 8.37. The topological polar surface area (TPSA) is 76.4 Å². The van der Waals surface area contributed by atoms with Gasteiger partial charge in [-0.1, -0.05) is 13.8 Å². The van der Waals surface area contributed by atoms with Gasteiger partial charge >= 0.3 is 11.9 Å². The summed E-state index contributed by atoms with van der Waals surface area (Å²) in [5, 5.41) is 8.70. The summed E-state index contributed by atoms with van der Waals surface area (Å²) in [5.74, 6) is 0.485. The number of esters is 2. The van der Waals surface area contributed by atoms with Crippen LogP contribution < -0.4 is 4.74 Å². The quantitative estimate of drug-likeness (QED) is 0.368. The molecule has 0 fully saturated rings. The number of rotatable bonds is 10. The summed E-state index contributed by atoms with van der Waals surface area (Å²) in [6, 6.07) is 8.37. The average molecular weight is 331 g/mol. The molecule has 0 heterocycles. The Morgan fingerprint density at radius 1 is 1.04 bits per heavy atom. The van der Waals surface area contributed by atoms with Gasteiger partial charge in [-0.05, 0) is 55.9 Å². The van der Waals surface area contributed by atoms with E-state index in [0.717, 1.165) is 12.8 Å². The van der Waals surface area contributed by atoms with Crippen molar-refractivity contribution in [3.63, 3.8) is 0 Å². The second kappa shape index (κ2) is 11.2. The van der Waals surface area contributed by atoms with Crippen LogP contribution in [0.3, 0.4) is 0 Å². The third-order valence-electron chi connectivity index (χ3n) is 3.42. The molecule has 0 saturated carbocycles. The van der Waals surface area contributed by atoms with Gasteiger partial charge in [0.25, 0.3) is 0 Å². The molecule has 5 nitrogen and oxygen atoms in total. The molecule has 0 bridgehead atoms. The highest BCUT2D eigenvalue weighted by Crippen LogP contribution is 2.13. The third-order valence-corrected chi connectivity index (χ3v) is 3.42. The highest BCUT2D eigenvalue weighted by Gasteiger charge is 2.07. The fourth-order valence-corrected chi connectivity index (χ4v) is 2.07. The fraction of sp³-hybridized carbons (Fsp3) is 0.526. The highest BCUT2D eigenvalue weighted by molar-refractivity contribution is 5.72. The molecule has 24 heavy (non-hydrogen) atoms. The van der Waals surface area contributed by atoms with Crippen LogP contribution in [0.2, 0.25) is 0 Å². The molecule has 0 atom stereocenters. The van der Waals surface area contributed by atoms with Gasteiger partial charge in [-0.25, -0.2) is 0 Å². The van der Waals surface area contributed by atoms with Crippen LogP contribution in [0, 0.1) is 17.2 Å². The average Bonchev–Trinajstić information content (AvgIpc) is 2.56. The van der Waals surface area contributed by atoms with E-state index in [4.69, 9.17) is 14.7 Å². The van der Waals surface area contributed by atoms with Gasteiger partial charge in [0.2, 0.25) is 0 Å². The van der Waals surface area contributed by atoms with Gasteiger partial charge in [-0.2, -0.15) is 5.26 Å². The molecule has 130 valence electrons. The third kappa shape index (κ3) is 8.94. The second-order valence-electron chi connectivity index (χ2n) is 6.07. The maximum absolute atomic E-state index is 11.7. The molecule has 0 radical (unpaired) electrons. The van der Waals surface area contributed by atoms with E-state index in [1.807, 2.05) is 6.07 Å². The normalized spacial score (nSPS) is 10.2. The van der Waals surface area contributed by atoms with Crippen molar-refractivity contribution in [1.29, 1.82) is 5.26 Å².